The van der Waals surface area contributed by atoms with Gasteiger partial charge in [0.25, 0.3) is 0 Å². The molecule has 1 aromatic carbocycles. The summed E-state index contributed by atoms with van der Waals surface area (Å²) in [6, 6.07) is 6.68. The minimum atomic E-state index is -3.79. The number of rotatable bonds is 6. The van der Waals surface area contributed by atoms with Gasteiger partial charge in [0.2, 0.25) is 10.0 Å². The number of nitrogens with zero attached hydrogens (tertiary/aromatic N) is 4. The van der Waals surface area contributed by atoms with Crippen molar-refractivity contribution < 1.29 is 17.7 Å². The van der Waals surface area contributed by atoms with E-state index in [1.807, 2.05) is 0 Å². The van der Waals surface area contributed by atoms with Crippen molar-refractivity contribution >= 4 is 39.4 Å². The summed E-state index contributed by atoms with van der Waals surface area (Å²) in [5, 5.41) is 0.437. The zero-order valence-corrected chi connectivity index (χ0v) is 19.7. The molecule has 10 nitrogen and oxygen atoms in total. The lowest BCUT2D eigenvalue weighted by Gasteiger charge is -2.22. The number of fused-ring (bicyclic) bond motifs is 1. The summed E-state index contributed by atoms with van der Waals surface area (Å²) in [5.74, 6) is 0.426. The molecule has 5 rings (SSSR count). The van der Waals surface area contributed by atoms with Crippen LogP contribution in [-0.2, 0) is 14.8 Å². The molecule has 34 heavy (non-hydrogen) atoms. The van der Waals surface area contributed by atoms with Gasteiger partial charge in [-0.1, -0.05) is 11.1 Å². The fourth-order valence-corrected chi connectivity index (χ4v) is 5.63. The molecule has 1 aliphatic heterocycles. The van der Waals surface area contributed by atoms with E-state index in [9.17, 15) is 13.2 Å². The smallest absolute Gasteiger partial charge is 0.383 e. The normalized spacial score (nSPS) is 17.2. The Morgan fingerprint density at radius 3 is 2.59 bits per heavy atom. The summed E-state index contributed by atoms with van der Waals surface area (Å²) in [6.45, 7) is 5.10. The van der Waals surface area contributed by atoms with Crippen LogP contribution in [0.4, 0.5) is 11.8 Å². The topological polar surface area (TPSA) is 132 Å². The first-order valence-corrected chi connectivity index (χ1v) is 12.7. The Hall–Kier alpha value is -3.15. The summed E-state index contributed by atoms with van der Waals surface area (Å²) in [6.07, 6.45) is 4.56. The van der Waals surface area contributed by atoms with Crippen molar-refractivity contribution in [2.75, 3.05) is 26.0 Å². The SMILES string of the molecule is C=[N+](C)c1nc2ccc(-c3cnc(N)c(S(=O)(=O)NC4CC4)c3)cc2c(=O)n1C1CCOCC1. The molecule has 0 amide bonds. The van der Waals surface area contributed by atoms with Gasteiger partial charge in [0.05, 0.1) is 18.5 Å². The van der Waals surface area contributed by atoms with Crippen molar-refractivity contribution in [1.29, 1.82) is 0 Å². The lowest BCUT2D eigenvalue weighted by atomic mass is 10.0. The van der Waals surface area contributed by atoms with Crippen LogP contribution in [0.1, 0.15) is 31.7 Å². The summed E-state index contributed by atoms with van der Waals surface area (Å²) in [5.41, 5.74) is 7.46. The quantitative estimate of drug-likeness (QED) is 0.404. The third-order valence-electron chi connectivity index (χ3n) is 6.18. The molecule has 1 saturated carbocycles. The van der Waals surface area contributed by atoms with E-state index < -0.39 is 10.0 Å². The Labute approximate surface area is 197 Å². The van der Waals surface area contributed by atoms with Crippen LogP contribution in [0.25, 0.3) is 22.0 Å². The summed E-state index contributed by atoms with van der Waals surface area (Å²) in [4.78, 5) is 22.4. The first-order chi connectivity index (χ1) is 16.2. The van der Waals surface area contributed by atoms with Crippen LogP contribution in [0.3, 0.4) is 0 Å². The van der Waals surface area contributed by atoms with E-state index in [-0.39, 0.29) is 28.4 Å². The molecule has 3 heterocycles. The van der Waals surface area contributed by atoms with Gasteiger partial charge in [0, 0.05) is 50.6 Å². The van der Waals surface area contributed by atoms with E-state index >= 15 is 0 Å². The first kappa shape index (κ1) is 22.6. The van der Waals surface area contributed by atoms with E-state index in [0.717, 1.165) is 12.8 Å². The number of sulfonamides is 1. The molecule has 1 saturated heterocycles. The van der Waals surface area contributed by atoms with Crippen LogP contribution in [0, 0.1) is 0 Å². The maximum atomic E-state index is 13.6. The fourth-order valence-electron chi connectivity index (χ4n) is 4.22. The molecule has 3 aromatic rings. The molecule has 3 N–H and O–H groups in total. The van der Waals surface area contributed by atoms with E-state index in [2.05, 4.69) is 16.4 Å². The highest BCUT2D eigenvalue weighted by atomic mass is 32.2. The molecule has 0 bridgehead atoms. The monoisotopic (exact) mass is 483 g/mol. The van der Waals surface area contributed by atoms with E-state index in [0.29, 0.717) is 54.0 Å². The van der Waals surface area contributed by atoms with Gasteiger partial charge >= 0.3 is 11.5 Å². The zero-order valence-electron chi connectivity index (χ0n) is 18.9. The number of hydrogen-bond donors (Lipinski definition) is 2. The highest BCUT2D eigenvalue weighted by Crippen LogP contribution is 2.30. The van der Waals surface area contributed by atoms with E-state index in [1.165, 1.54) is 12.3 Å². The third kappa shape index (κ3) is 4.22. The Morgan fingerprint density at radius 1 is 1.18 bits per heavy atom. The second-order valence-corrected chi connectivity index (χ2v) is 10.5. The average molecular weight is 484 g/mol. The van der Waals surface area contributed by atoms with Crippen molar-refractivity contribution in [3.63, 3.8) is 0 Å². The van der Waals surface area contributed by atoms with Gasteiger partial charge in [-0.25, -0.2) is 22.7 Å². The van der Waals surface area contributed by atoms with Crippen LogP contribution in [0.5, 0.6) is 0 Å². The van der Waals surface area contributed by atoms with Gasteiger partial charge in [-0.05, 0) is 36.6 Å². The van der Waals surface area contributed by atoms with Crippen LogP contribution in [0.2, 0.25) is 0 Å². The number of nitrogens with one attached hydrogen (secondary N) is 1. The summed E-state index contributed by atoms with van der Waals surface area (Å²) < 4.78 is 36.9. The number of benzene rings is 1. The maximum absolute atomic E-state index is 13.6. The molecule has 2 aliphatic rings. The standard InChI is InChI=1S/C23H27N6O4S/c1-28(2)23-26-19-6-3-14(11-18(19)22(30)29(23)17-7-9-33-10-8-17)15-12-20(21(24)25-13-15)34(31,32)27-16-4-5-16/h3,6,11-13,16-17,27H,1,4-5,7-10H2,2H3,(H2,24,25)/q+1. The van der Waals surface area contributed by atoms with Crippen molar-refractivity contribution in [2.24, 2.45) is 0 Å². The third-order valence-corrected chi connectivity index (χ3v) is 7.73. The van der Waals surface area contributed by atoms with Gasteiger partial charge in [-0.2, -0.15) is 4.57 Å². The molecule has 2 aromatic heterocycles. The Bertz CT molecular complexity index is 1460. The summed E-state index contributed by atoms with van der Waals surface area (Å²) in [7, 11) is -2.03. The van der Waals surface area contributed by atoms with Gasteiger partial charge in [0.1, 0.15) is 10.7 Å². The van der Waals surface area contributed by atoms with Gasteiger partial charge in [-0.3, -0.25) is 4.79 Å². The van der Waals surface area contributed by atoms with Gasteiger partial charge < -0.3 is 10.5 Å². The van der Waals surface area contributed by atoms with Crippen LogP contribution < -0.4 is 16.0 Å². The molecule has 2 fully saturated rings. The molecule has 0 radical (unpaired) electrons. The highest BCUT2D eigenvalue weighted by Gasteiger charge is 2.31. The Morgan fingerprint density at radius 2 is 1.91 bits per heavy atom. The van der Waals surface area contributed by atoms with Crippen molar-refractivity contribution in [3.05, 3.63) is 40.8 Å². The largest absolute Gasteiger partial charge is 0.401 e. The van der Waals surface area contributed by atoms with Gasteiger partial charge in [-0.15, -0.1) is 0 Å². The van der Waals surface area contributed by atoms with Crippen LogP contribution in [0.15, 0.2) is 40.2 Å². The van der Waals surface area contributed by atoms with Crippen molar-refractivity contribution in [2.45, 2.75) is 42.7 Å². The predicted octanol–water partition coefficient (Wildman–Crippen LogP) is 1.81. The minimum Gasteiger partial charge on any atom is -0.383 e. The highest BCUT2D eigenvalue weighted by molar-refractivity contribution is 7.89. The van der Waals surface area contributed by atoms with Crippen molar-refractivity contribution in [3.8, 4) is 11.1 Å². The number of hydrogen-bond acceptors (Lipinski definition) is 7. The maximum Gasteiger partial charge on any atom is 0.401 e. The fraction of sp³-hybridized carbons (Fsp3) is 0.391. The van der Waals surface area contributed by atoms with E-state index in [1.54, 1.807) is 34.4 Å². The van der Waals surface area contributed by atoms with Crippen molar-refractivity contribution in [1.82, 2.24) is 19.3 Å². The summed E-state index contributed by atoms with van der Waals surface area (Å²) >= 11 is 0. The molecule has 1 aliphatic carbocycles. The van der Waals surface area contributed by atoms with E-state index in [4.69, 9.17) is 15.5 Å². The molecule has 0 spiro atoms. The minimum absolute atomic E-state index is 0.0376. The van der Waals surface area contributed by atoms with Crippen LogP contribution >= 0.6 is 0 Å². The molecule has 0 atom stereocenters. The van der Waals surface area contributed by atoms with Gasteiger partial charge in [0.15, 0.2) is 5.52 Å². The second-order valence-electron chi connectivity index (χ2n) is 8.86. The lowest BCUT2D eigenvalue weighted by Crippen LogP contribution is -2.32. The Balaban J connectivity index is 1.62. The lowest BCUT2D eigenvalue weighted by molar-refractivity contribution is -0.407. The second kappa shape index (κ2) is 8.57. The van der Waals surface area contributed by atoms with Crippen LogP contribution in [-0.4, -0.2) is 60.5 Å². The number of nitrogens with two attached hydrogens (primary N) is 1. The molecular weight excluding hydrogens is 456 g/mol. The molecule has 178 valence electrons. The molecular formula is C23H27N6O4S+. The number of aromatic nitrogens is 3. The average Bonchev–Trinajstić information content (AvgIpc) is 3.63. The predicted molar refractivity (Wildman–Crippen MR) is 129 cm³/mol. The Kier molecular flexibility index (Phi) is 5.70. The molecule has 11 heteroatoms. The number of nitrogen functional groups attached to an aromatic ring is 1. The zero-order chi connectivity index (χ0) is 24.0. The first-order valence-electron chi connectivity index (χ1n) is 11.2. The number of pyridine rings is 1. The molecule has 0 unspecified atom stereocenters. The number of anilines is 1. The number of ether oxygens (including phenoxy) is 1.